The molecule has 0 atom stereocenters. The van der Waals surface area contributed by atoms with Crippen molar-refractivity contribution >= 4 is 34.9 Å². The van der Waals surface area contributed by atoms with Crippen molar-refractivity contribution in [3.8, 4) is 11.1 Å². The molecule has 2 N–H and O–H groups in total. The summed E-state index contributed by atoms with van der Waals surface area (Å²) in [5.41, 5.74) is 6.96. The fourth-order valence-corrected chi connectivity index (χ4v) is 3.32. The zero-order valence-corrected chi connectivity index (χ0v) is 20.1. The number of rotatable bonds is 9. The third-order valence-electron chi connectivity index (χ3n) is 4.78. The zero-order valence-electron chi connectivity index (χ0n) is 20.1. The topological polar surface area (TPSA) is 162 Å². The fraction of sp³-hybridized carbons (Fsp3) is 0.160. The number of hydrogen-bond donors (Lipinski definition) is 2. The number of benzene rings is 3. The standard InChI is InChI=1S/C25H23N5O7/c1-16(31)36-25(3,37-17(2)32)29-28-24(33)22-10-5-4-8-20(22)21-9-6-7-11-23(21)27-26-18-12-14-19(15-13-18)30(34)35/h4-15,29H,1-3H3,(H,28,33). The summed E-state index contributed by atoms with van der Waals surface area (Å²) in [6.45, 7) is 3.52. The second kappa shape index (κ2) is 11.6. The molecule has 12 heteroatoms. The van der Waals surface area contributed by atoms with Crippen LogP contribution in [0.5, 0.6) is 0 Å². The molecular weight excluding hydrogens is 482 g/mol. The average molecular weight is 505 g/mol. The molecular formula is C25H23N5O7. The Morgan fingerprint density at radius 3 is 2.00 bits per heavy atom. The lowest BCUT2D eigenvalue weighted by Crippen LogP contribution is -2.57. The van der Waals surface area contributed by atoms with Crippen molar-refractivity contribution in [2.24, 2.45) is 10.2 Å². The number of non-ortho nitro benzene ring substituents is 1. The van der Waals surface area contributed by atoms with Gasteiger partial charge in [-0.05, 0) is 29.8 Å². The van der Waals surface area contributed by atoms with Gasteiger partial charge in [-0.1, -0.05) is 36.4 Å². The largest absolute Gasteiger partial charge is 0.407 e. The number of carbonyl (C=O) groups is 3. The minimum absolute atomic E-state index is 0.0635. The van der Waals surface area contributed by atoms with Crippen molar-refractivity contribution in [2.75, 3.05) is 0 Å². The Labute approximate surface area is 211 Å². The van der Waals surface area contributed by atoms with Crippen LogP contribution in [0.25, 0.3) is 11.1 Å². The summed E-state index contributed by atoms with van der Waals surface area (Å²) in [5, 5.41) is 19.3. The predicted molar refractivity (Wildman–Crippen MR) is 132 cm³/mol. The van der Waals surface area contributed by atoms with Gasteiger partial charge in [0.2, 0.25) is 0 Å². The summed E-state index contributed by atoms with van der Waals surface area (Å²) >= 11 is 0. The molecule has 0 aliphatic heterocycles. The Bertz CT molecular complexity index is 1340. The smallest absolute Gasteiger partial charge is 0.331 e. The van der Waals surface area contributed by atoms with Crippen LogP contribution in [0, 0.1) is 10.1 Å². The van der Waals surface area contributed by atoms with Crippen LogP contribution >= 0.6 is 0 Å². The second-order valence-electron chi connectivity index (χ2n) is 7.75. The van der Waals surface area contributed by atoms with E-state index >= 15 is 0 Å². The first-order valence-corrected chi connectivity index (χ1v) is 10.9. The quantitative estimate of drug-likeness (QED) is 0.139. The van der Waals surface area contributed by atoms with E-state index in [2.05, 4.69) is 21.1 Å². The molecule has 0 bridgehead atoms. The molecule has 0 radical (unpaired) electrons. The third-order valence-corrected chi connectivity index (χ3v) is 4.78. The molecule has 3 rings (SSSR count). The number of carbonyl (C=O) groups excluding carboxylic acids is 3. The van der Waals surface area contributed by atoms with Gasteiger partial charge in [-0.3, -0.25) is 29.9 Å². The van der Waals surface area contributed by atoms with E-state index in [1.807, 2.05) is 0 Å². The van der Waals surface area contributed by atoms with Gasteiger partial charge in [0, 0.05) is 44.0 Å². The first-order chi connectivity index (χ1) is 17.6. The van der Waals surface area contributed by atoms with Crippen LogP contribution in [0.3, 0.4) is 0 Å². The first-order valence-electron chi connectivity index (χ1n) is 10.9. The minimum Gasteiger partial charge on any atom is -0.407 e. The molecule has 0 aliphatic rings. The third kappa shape index (κ3) is 7.26. The van der Waals surface area contributed by atoms with Gasteiger partial charge in [-0.25, -0.2) is 0 Å². The normalized spacial score (nSPS) is 11.1. The molecule has 37 heavy (non-hydrogen) atoms. The maximum atomic E-state index is 13.1. The molecule has 0 saturated heterocycles. The molecule has 1 amide bonds. The summed E-state index contributed by atoms with van der Waals surface area (Å²) in [7, 11) is 0. The van der Waals surface area contributed by atoms with Crippen LogP contribution in [0.1, 0.15) is 31.1 Å². The van der Waals surface area contributed by atoms with Gasteiger partial charge in [-0.15, -0.1) is 5.11 Å². The number of nitrogens with one attached hydrogen (secondary N) is 2. The molecule has 0 spiro atoms. The maximum Gasteiger partial charge on any atom is 0.331 e. The molecule has 0 unspecified atom stereocenters. The van der Waals surface area contributed by atoms with Crippen LogP contribution in [0.2, 0.25) is 0 Å². The van der Waals surface area contributed by atoms with Crippen molar-refractivity contribution in [3.63, 3.8) is 0 Å². The Morgan fingerprint density at radius 1 is 0.838 bits per heavy atom. The Morgan fingerprint density at radius 2 is 1.41 bits per heavy atom. The number of hydrogen-bond acceptors (Lipinski definition) is 10. The average Bonchev–Trinajstić information content (AvgIpc) is 2.85. The van der Waals surface area contributed by atoms with Gasteiger partial charge in [0.25, 0.3) is 11.6 Å². The molecule has 12 nitrogen and oxygen atoms in total. The lowest BCUT2D eigenvalue weighted by atomic mass is 9.98. The summed E-state index contributed by atoms with van der Waals surface area (Å²) in [5.74, 6) is -4.02. The highest BCUT2D eigenvalue weighted by Gasteiger charge is 2.32. The number of nitro groups is 1. The van der Waals surface area contributed by atoms with Gasteiger partial charge < -0.3 is 9.47 Å². The number of ether oxygens (including phenoxy) is 2. The SMILES string of the molecule is CC(=O)OC(C)(NNC(=O)c1ccccc1-c1ccccc1N=Nc1ccc([N+](=O)[O-])cc1)OC(C)=O. The van der Waals surface area contributed by atoms with Gasteiger partial charge in [0.15, 0.2) is 0 Å². The Kier molecular flexibility index (Phi) is 8.38. The zero-order chi connectivity index (χ0) is 27.0. The molecule has 190 valence electrons. The van der Waals surface area contributed by atoms with Crippen LogP contribution in [-0.4, -0.2) is 28.7 Å². The van der Waals surface area contributed by atoms with Crippen molar-refractivity contribution in [1.82, 2.24) is 10.9 Å². The van der Waals surface area contributed by atoms with Crippen LogP contribution in [0.4, 0.5) is 17.1 Å². The van der Waals surface area contributed by atoms with E-state index in [9.17, 15) is 24.5 Å². The van der Waals surface area contributed by atoms with Gasteiger partial charge in [0.05, 0.1) is 16.3 Å². The van der Waals surface area contributed by atoms with E-state index in [-0.39, 0.29) is 11.3 Å². The fourth-order valence-electron chi connectivity index (χ4n) is 3.32. The number of esters is 2. The maximum absolute atomic E-state index is 13.1. The molecule has 3 aromatic carbocycles. The first kappa shape index (κ1) is 26.6. The van der Waals surface area contributed by atoms with E-state index < -0.39 is 28.7 Å². The minimum atomic E-state index is -1.93. The van der Waals surface area contributed by atoms with Crippen LogP contribution in [-0.2, 0) is 19.1 Å². The molecule has 0 aromatic heterocycles. The Balaban J connectivity index is 1.87. The number of hydrazine groups is 1. The second-order valence-corrected chi connectivity index (χ2v) is 7.75. The lowest BCUT2D eigenvalue weighted by Gasteiger charge is -2.28. The lowest BCUT2D eigenvalue weighted by molar-refractivity contribution is -0.384. The molecule has 3 aromatic rings. The van der Waals surface area contributed by atoms with Crippen LogP contribution < -0.4 is 10.9 Å². The summed E-state index contributed by atoms with van der Waals surface area (Å²) < 4.78 is 9.98. The highest BCUT2D eigenvalue weighted by atomic mass is 16.8. The number of azo groups is 1. The summed E-state index contributed by atoms with van der Waals surface area (Å²) in [6, 6.07) is 19.3. The summed E-state index contributed by atoms with van der Waals surface area (Å²) in [4.78, 5) is 46.3. The number of amides is 1. The van der Waals surface area contributed by atoms with Crippen LogP contribution in [0.15, 0.2) is 83.0 Å². The van der Waals surface area contributed by atoms with E-state index in [1.54, 1.807) is 48.5 Å². The van der Waals surface area contributed by atoms with Crippen molar-refractivity contribution in [3.05, 3.63) is 88.5 Å². The molecule has 0 saturated carbocycles. The predicted octanol–water partition coefficient (Wildman–Crippen LogP) is 4.71. The van der Waals surface area contributed by atoms with Gasteiger partial charge in [0.1, 0.15) is 0 Å². The van der Waals surface area contributed by atoms with E-state index in [0.717, 1.165) is 13.8 Å². The summed E-state index contributed by atoms with van der Waals surface area (Å²) in [6.07, 6.45) is 0. The van der Waals surface area contributed by atoms with Crippen molar-refractivity contribution in [2.45, 2.75) is 26.7 Å². The van der Waals surface area contributed by atoms with Gasteiger partial charge >= 0.3 is 17.8 Å². The van der Waals surface area contributed by atoms with E-state index in [0.29, 0.717) is 22.5 Å². The van der Waals surface area contributed by atoms with Gasteiger partial charge in [-0.2, -0.15) is 10.5 Å². The highest BCUT2D eigenvalue weighted by molar-refractivity contribution is 6.01. The molecule has 0 fully saturated rings. The molecule has 0 aliphatic carbocycles. The Hall–Kier alpha value is -4.97. The van der Waals surface area contributed by atoms with E-state index in [1.165, 1.54) is 31.2 Å². The van der Waals surface area contributed by atoms with E-state index in [4.69, 9.17) is 9.47 Å². The highest BCUT2D eigenvalue weighted by Crippen LogP contribution is 2.33. The monoisotopic (exact) mass is 505 g/mol. The van der Waals surface area contributed by atoms with Crippen molar-refractivity contribution < 1.29 is 28.8 Å². The van der Waals surface area contributed by atoms with Crippen molar-refractivity contribution in [1.29, 1.82) is 0 Å². The number of nitrogens with zero attached hydrogens (tertiary/aromatic N) is 3. The molecule has 0 heterocycles. The number of nitro benzene ring substituents is 1.